The summed E-state index contributed by atoms with van der Waals surface area (Å²) < 4.78 is 27.5. The summed E-state index contributed by atoms with van der Waals surface area (Å²) in [4.78, 5) is 19.6. The van der Waals surface area contributed by atoms with Gasteiger partial charge in [0, 0.05) is 18.6 Å². The van der Waals surface area contributed by atoms with Gasteiger partial charge in [0.25, 0.3) is 11.8 Å². The van der Waals surface area contributed by atoms with E-state index in [2.05, 4.69) is 15.3 Å². The summed E-state index contributed by atoms with van der Waals surface area (Å²) in [7, 11) is 0. The van der Waals surface area contributed by atoms with Crippen LogP contribution in [0.15, 0.2) is 37.1 Å². The van der Waals surface area contributed by atoms with Gasteiger partial charge in [-0.25, -0.2) is 18.7 Å². The molecule has 2 aromatic heterocycles. The molecule has 0 fully saturated rings. The largest absolute Gasteiger partial charge is 0.346 e. The number of nitrogens with one attached hydrogen (secondary N) is 1. The monoisotopic (exact) mass is 353 g/mol. The Hall–Kier alpha value is -1.77. The van der Waals surface area contributed by atoms with Crippen LogP contribution >= 0.6 is 24.8 Å². The molecular formula is C12H15Cl2F2N5O. The normalized spacial score (nSPS) is 10.3. The van der Waals surface area contributed by atoms with Crippen molar-refractivity contribution in [1.82, 2.24) is 19.9 Å². The highest BCUT2D eigenvalue weighted by Crippen LogP contribution is 2.10. The van der Waals surface area contributed by atoms with Crippen molar-refractivity contribution < 1.29 is 13.6 Å². The zero-order chi connectivity index (χ0) is 14.6. The standard InChI is InChI=1S/C12H13F2N5O.2ClH/c13-12(14,6-15)7-18-11(20)9-1-2-10(17-5-9)19-4-3-16-8-19;;/h1-5,8H,6-7,15H2,(H,18,20);2*1H. The Balaban J connectivity index is 0.00000220. The quantitative estimate of drug-likeness (QED) is 0.851. The summed E-state index contributed by atoms with van der Waals surface area (Å²) in [5.41, 5.74) is 5.08. The third kappa shape index (κ3) is 5.21. The van der Waals surface area contributed by atoms with Gasteiger partial charge in [-0.1, -0.05) is 0 Å². The lowest BCUT2D eigenvalue weighted by Crippen LogP contribution is -2.41. The van der Waals surface area contributed by atoms with Gasteiger partial charge in [-0.3, -0.25) is 9.36 Å². The van der Waals surface area contributed by atoms with Crippen LogP contribution < -0.4 is 11.1 Å². The number of carbonyl (C=O) groups excluding carboxylic acids is 1. The molecule has 1 amide bonds. The average molecular weight is 354 g/mol. The number of halogens is 4. The van der Waals surface area contributed by atoms with Crippen molar-refractivity contribution in [2.75, 3.05) is 13.1 Å². The molecule has 0 unspecified atom stereocenters. The van der Waals surface area contributed by atoms with E-state index in [1.807, 2.05) is 0 Å². The Kier molecular flexibility index (Phi) is 7.93. The van der Waals surface area contributed by atoms with Crippen molar-refractivity contribution in [2.45, 2.75) is 5.92 Å². The molecule has 0 saturated heterocycles. The zero-order valence-corrected chi connectivity index (χ0v) is 12.9. The zero-order valence-electron chi connectivity index (χ0n) is 11.3. The van der Waals surface area contributed by atoms with E-state index in [0.717, 1.165) is 0 Å². The van der Waals surface area contributed by atoms with E-state index in [1.165, 1.54) is 12.3 Å². The van der Waals surface area contributed by atoms with Crippen molar-refractivity contribution in [3.05, 3.63) is 42.6 Å². The number of alkyl halides is 2. The number of nitrogens with two attached hydrogens (primary N) is 1. The number of pyridine rings is 1. The Morgan fingerprint density at radius 2 is 2.09 bits per heavy atom. The maximum absolute atomic E-state index is 12.9. The van der Waals surface area contributed by atoms with Crippen molar-refractivity contribution in [2.24, 2.45) is 5.73 Å². The Bertz CT molecular complexity index is 578. The second kappa shape index (κ2) is 8.62. The van der Waals surface area contributed by atoms with E-state index in [0.29, 0.717) is 5.82 Å². The lowest BCUT2D eigenvalue weighted by atomic mass is 10.2. The highest BCUT2D eigenvalue weighted by Gasteiger charge is 2.27. The van der Waals surface area contributed by atoms with Gasteiger partial charge >= 0.3 is 0 Å². The predicted octanol–water partition coefficient (Wildman–Crippen LogP) is 1.43. The molecule has 10 heteroatoms. The van der Waals surface area contributed by atoms with E-state index >= 15 is 0 Å². The number of aromatic nitrogens is 3. The van der Waals surface area contributed by atoms with E-state index in [9.17, 15) is 13.6 Å². The molecule has 22 heavy (non-hydrogen) atoms. The number of imidazole rings is 1. The number of amides is 1. The molecule has 2 aromatic rings. The maximum atomic E-state index is 12.9. The molecule has 0 aliphatic heterocycles. The second-order valence-electron chi connectivity index (χ2n) is 4.12. The molecule has 2 heterocycles. The second-order valence-corrected chi connectivity index (χ2v) is 4.12. The lowest BCUT2D eigenvalue weighted by Gasteiger charge is -2.14. The van der Waals surface area contributed by atoms with Gasteiger partial charge in [0.05, 0.1) is 18.7 Å². The summed E-state index contributed by atoms with van der Waals surface area (Å²) in [5, 5.41) is 2.12. The average Bonchev–Trinajstić information content (AvgIpc) is 2.99. The first-order valence-electron chi connectivity index (χ1n) is 5.82. The number of carbonyl (C=O) groups is 1. The van der Waals surface area contributed by atoms with Crippen LogP contribution in [0, 0.1) is 0 Å². The molecule has 6 nitrogen and oxygen atoms in total. The van der Waals surface area contributed by atoms with Gasteiger partial charge in [-0.2, -0.15) is 0 Å². The summed E-state index contributed by atoms with van der Waals surface area (Å²) >= 11 is 0. The maximum Gasteiger partial charge on any atom is 0.277 e. The predicted molar refractivity (Wildman–Crippen MR) is 82.2 cm³/mol. The van der Waals surface area contributed by atoms with Crippen LogP contribution in [0.3, 0.4) is 0 Å². The van der Waals surface area contributed by atoms with Gasteiger partial charge < -0.3 is 11.1 Å². The first kappa shape index (κ1) is 20.2. The van der Waals surface area contributed by atoms with Crippen LogP contribution in [0.5, 0.6) is 0 Å². The number of hydrogen-bond acceptors (Lipinski definition) is 4. The van der Waals surface area contributed by atoms with Crippen LogP contribution in [0.1, 0.15) is 10.4 Å². The van der Waals surface area contributed by atoms with Crippen LogP contribution in [-0.4, -0.2) is 39.5 Å². The minimum Gasteiger partial charge on any atom is -0.346 e. The van der Waals surface area contributed by atoms with Crippen LogP contribution in [0.25, 0.3) is 5.82 Å². The van der Waals surface area contributed by atoms with Crippen molar-refractivity contribution in [3.8, 4) is 5.82 Å². The summed E-state index contributed by atoms with van der Waals surface area (Å²) in [6.07, 6.45) is 6.16. The van der Waals surface area contributed by atoms with Gasteiger partial charge in [-0.05, 0) is 12.1 Å². The Morgan fingerprint density at radius 3 is 2.59 bits per heavy atom. The summed E-state index contributed by atoms with van der Waals surface area (Å²) in [6.45, 7) is -1.61. The summed E-state index contributed by atoms with van der Waals surface area (Å²) in [5.74, 6) is -3.16. The number of rotatable bonds is 5. The SMILES string of the molecule is Cl.Cl.NCC(F)(F)CNC(=O)c1ccc(-n2ccnc2)nc1. The van der Waals surface area contributed by atoms with Crippen molar-refractivity contribution >= 4 is 30.7 Å². The number of nitrogens with zero attached hydrogens (tertiary/aromatic N) is 3. The van der Waals surface area contributed by atoms with Crippen LogP contribution in [0.4, 0.5) is 8.78 Å². The smallest absolute Gasteiger partial charge is 0.277 e. The van der Waals surface area contributed by atoms with Crippen LogP contribution in [0.2, 0.25) is 0 Å². The van der Waals surface area contributed by atoms with E-state index in [4.69, 9.17) is 5.73 Å². The van der Waals surface area contributed by atoms with Gasteiger partial charge in [0.1, 0.15) is 12.1 Å². The third-order valence-electron chi connectivity index (χ3n) is 2.59. The van der Waals surface area contributed by atoms with Crippen LogP contribution in [-0.2, 0) is 0 Å². The van der Waals surface area contributed by atoms with Crippen molar-refractivity contribution in [1.29, 1.82) is 0 Å². The van der Waals surface area contributed by atoms with E-state index < -0.39 is 24.9 Å². The molecular weight excluding hydrogens is 339 g/mol. The lowest BCUT2D eigenvalue weighted by molar-refractivity contribution is 0.0118. The van der Waals surface area contributed by atoms with Gasteiger partial charge in [-0.15, -0.1) is 24.8 Å². The molecule has 122 valence electrons. The van der Waals surface area contributed by atoms with E-state index in [-0.39, 0.29) is 30.4 Å². The molecule has 0 bridgehead atoms. The third-order valence-corrected chi connectivity index (χ3v) is 2.59. The molecule has 0 saturated carbocycles. The van der Waals surface area contributed by atoms with E-state index in [1.54, 1.807) is 29.4 Å². The fourth-order valence-corrected chi connectivity index (χ4v) is 1.45. The van der Waals surface area contributed by atoms with Gasteiger partial charge in [0.15, 0.2) is 0 Å². The Labute approximate surface area is 137 Å². The highest BCUT2D eigenvalue weighted by atomic mass is 35.5. The minimum absolute atomic E-state index is 0. The molecule has 0 aliphatic carbocycles. The molecule has 0 aliphatic rings. The highest BCUT2D eigenvalue weighted by molar-refractivity contribution is 5.93. The summed E-state index contributed by atoms with van der Waals surface area (Å²) in [6, 6.07) is 3.09. The topological polar surface area (TPSA) is 85.8 Å². The van der Waals surface area contributed by atoms with Gasteiger partial charge in [0.2, 0.25) is 0 Å². The first-order valence-corrected chi connectivity index (χ1v) is 5.82. The molecule has 0 aromatic carbocycles. The van der Waals surface area contributed by atoms with Crippen molar-refractivity contribution in [3.63, 3.8) is 0 Å². The number of hydrogen-bond donors (Lipinski definition) is 2. The fraction of sp³-hybridized carbons (Fsp3) is 0.250. The molecule has 0 spiro atoms. The molecule has 2 rings (SSSR count). The fourth-order valence-electron chi connectivity index (χ4n) is 1.45. The molecule has 3 N–H and O–H groups in total. The minimum atomic E-state index is -3.11. The molecule has 0 radical (unpaired) electrons. The molecule has 0 atom stereocenters. The Morgan fingerprint density at radius 1 is 1.36 bits per heavy atom. The first-order chi connectivity index (χ1) is 9.52.